The second-order valence-corrected chi connectivity index (χ2v) is 3.43. The van der Waals surface area contributed by atoms with Gasteiger partial charge in [-0.3, -0.25) is 5.10 Å². The lowest BCUT2D eigenvalue weighted by Gasteiger charge is -2.08. The van der Waals surface area contributed by atoms with Crippen molar-refractivity contribution in [2.45, 2.75) is 25.7 Å². The Kier molecular flexibility index (Phi) is 1.52. The molecule has 0 radical (unpaired) electrons. The number of hydrogen-bond acceptors (Lipinski definition) is 1. The standard InChI is InChI=1S/C7H9BrN2/c8-7-5-3-1-2-4-6(5)9-10-7/h1-4H2,(H,9,10). The summed E-state index contributed by atoms with van der Waals surface area (Å²) < 4.78 is 1.02. The van der Waals surface area contributed by atoms with Gasteiger partial charge in [0.2, 0.25) is 0 Å². The van der Waals surface area contributed by atoms with Crippen molar-refractivity contribution in [2.24, 2.45) is 0 Å². The van der Waals surface area contributed by atoms with Crippen LogP contribution in [0.15, 0.2) is 4.60 Å². The van der Waals surface area contributed by atoms with Gasteiger partial charge in [-0.05, 0) is 41.6 Å². The quantitative estimate of drug-likeness (QED) is 0.683. The molecule has 0 unspecified atom stereocenters. The summed E-state index contributed by atoms with van der Waals surface area (Å²) in [6.07, 6.45) is 4.98. The van der Waals surface area contributed by atoms with Gasteiger partial charge in [-0.15, -0.1) is 0 Å². The molecule has 0 aliphatic heterocycles. The lowest BCUT2D eigenvalue weighted by molar-refractivity contribution is 0.674. The van der Waals surface area contributed by atoms with Crippen LogP contribution in [0.2, 0.25) is 0 Å². The van der Waals surface area contributed by atoms with E-state index in [1.807, 2.05) is 0 Å². The van der Waals surface area contributed by atoms with Crippen LogP contribution < -0.4 is 0 Å². The number of H-pyrrole nitrogens is 1. The maximum Gasteiger partial charge on any atom is 0.131 e. The van der Waals surface area contributed by atoms with Gasteiger partial charge in [-0.25, -0.2) is 0 Å². The molecule has 10 heavy (non-hydrogen) atoms. The fraction of sp³-hybridized carbons (Fsp3) is 0.571. The fourth-order valence-corrected chi connectivity index (χ4v) is 1.97. The Labute approximate surface area is 68.2 Å². The maximum absolute atomic E-state index is 4.09. The third-order valence-corrected chi connectivity index (χ3v) is 2.66. The van der Waals surface area contributed by atoms with Crippen molar-refractivity contribution >= 4 is 15.9 Å². The molecule has 0 bridgehead atoms. The van der Waals surface area contributed by atoms with Crippen molar-refractivity contribution in [3.8, 4) is 0 Å². The molecule has 3 heteroatoms. The van der Waals surface area contributed by atoms with Crippen molar-refractivity contribution in [1.82, 2.24) is 10.2 Å². The Morgan fingerprint density at radius 3 is 2.90 bits per heavy atom. The first-order valence-electron chi connectivity index (χ1n) is 3.59. The molecule has 0 aromatic carbocycles. The molecule has 1 aliphatic rings. The van der Waals surface area contributed by atoms with Gasteiger partial charge in [-0.2, -0.15) is 5.10 Å². The summed E-state index contributed by atoms with van der Waals surface area (Å²) in [6, 6.07) is 0. The molecule has 1 aliphatic carbocycles. The molecule has 0 saturated carbocycles. The number of nitrogens with one attached hydrogen (secondary N) is 1. The average molecular weight is 201 g/mol. The van der Waals surface area contributed by atoms with Gasteiger partial charge in [0.1, 0.15) is 4.60 Å². The van der Waals surface area contributed by atoms with Gasteiger partial charge in [0.15, 0.2) is 0 Å². The summed E-state index contributed by atoms with van der Waals surface area (Å²) >= 11 is 3.41. The van der Waals surface area contributed by atoms with Crippen molar-refractivity contribution in [1.29, 1.82) is 0 Å². The first-order chi connectivity index (χ1) is 4.88. The normalized spacial score (nSPS) is 16.9. The summed E-state index contributed by atoms with van der Waals surface area (Å²) in [5, 5.41) is 7.12. The summed E-state index contributed by atoms with van der Waals surface area (Å²) in [5.74, 6) is 0. The van der Waals surface area contributed by atoms with E-state index >= 15 is 0 Å². The summed E-state index contributed by atoms with van der Waals surface area (Å²) in [5.41, 5.74) is 2.73. The summed E-state index contributed by atoms with van der Waals surface area (Å²) in [4.78, 5) is 0. The molecule has 2 nitrogen and oxygen atoms in total. The van der Waals surface area contributed by atoms with Gasteiger partial charge >= 0.3 is 0 Å². The predicted molar refractivity (Wildman–Crippen MR) is 42.9 cm³/mol. The van der Waals surface area contributed by atoms with E-state index in [9.17, 15) is 0 Å². The second-order valence-electron chi connectivity index (χ2n) is 2.68. The van der Waals surface area contributed by atoms with Crippen LogP contribution in [0.4, 0.5) is 0 Å². The van der Waals surface area contributed by atoms with Crippen LogP contribution in [0.3, 0.4) is 0 Å². The van der Waals surface area contributed by atoms with E-state index in [-0.39, 0.29) is 0 Å². The zero-order valence-corrected chi connectivity index (χ0v) is 7.24. The van der Waals surface area contributed by atoms with Gasteiger partial charge in [0.05, 0.1) is 0 Å². The Morgan fingerprint density at radius 2 is 2.10 bits per heavy atom. The highest BCUT2D eigenvalue weighted by atomic mass is 79.9. The van der Waals surface area contributed by atoms with E-state index in [1.54, 1.807) is 0 Å². The Balaban J connectivity index is 2.45. The summed E-state index contributed by atoms with van der Waals surface area (Å²) in [6.45, 7) is 0. The molecule has 0 spiro atoms. The van der Waals surface area contributed by atoms with Crippen molar-refractivity contribution in [3.05, 3.63) is 15.9 Å². The SMILES string of the molecule is Brc1n[nH]c2c1CCCC2. The zero-order chi connectivity index (χ0) is 6.97. The molecule has 1 aromatic heterocycles. The number of aromatic amines is 1. The zero-order valence-electron chi connectivity index (χ0n) is 5.65. The van der Waals surface area contributed by atoms with Gasteiger partial charge in [0.25, 0.3) is 0 Å². The first-order valence-corrected chi connectivity index (χ1v) is 4.39. The Morgan fingerprint density at radius 1 is 1.30 bits per heavy atom. The molecule has 1 N–H and O–H groups in total. The van der Waals surface area contributed by atoms with Gasteiger partial charge < -0.3 is 0 Å². The molecular weight excluding hydrogens is 192 g/mol. The number of aryl methyl sites for hydroxylation is 1. The van der Waals surface area contributed by atoms with Crippen LogP contribution in [-0.2, 0) is 12.8 Å². The van der Waals surface area contributed by atoms with Crippen LogP contribution in [0, 0.1) is 0 Å². The lowest BCUT2D eigenvalue weighted by atomic mass is 9.99. The van der Waals surface area contributed by atoms with E-state index in [0.717, 1.165) is 4.60 Å². The minimum Gasteiger partial charge on any atom is -0.281 e. The predicted octanol–water partition coefficient (Wildman–Crippen LogP) is 2.05. The van der Waals surface area contributed by atoms with E-state index in [2.05, 4.69) is 26.1 Å². The monoisotopic (exact) mass is 200 g/mol. The van der Waals surface area contributed by atoms with Crippen LogP contribution in [0.25, 0.3) is 0 Å². The largest absolute Gasteiger partial charge is 0.281 e. The number of halogens is 1. The highest BCUT2D eigenvalue weighted by Gasteiger charge is 2.14. The van der Waals surface area contributed by atoms with E-state index in [1.165, 1.54) is 36.9 Å². The van der Waals surface area contributed by atoms with Crippen molar-refractivity contribution in [3.63, 3.8) is 0 Å². The molecule has 0 atom stereocenters. The molecule has 1 heterocycles. The third kappa shape index (κ3) is 0.888. The molecule has 54 valence electrons. The second kappa shape index (κ2) is 2.38. The van der Waals surface area contributed by atoms with Crippen molar-refractivity contribution in [2.75, 3.05) is 0 Å². The number of aromatic nitrogens is 2. The minimum atomic E-state index is 1.02. The lowest BCUT2D eigenvalue weighted by Crippen LogP contribution is -2.00. The highest BCUT2D eigenvalue weighted by Crippen LogP contribution is 2.24. The molecular formula is C7H9BrN2. The fourth-order valence-electron chi connectivity index (χ4n) is 1.44. The average Bonchev–Trinajstić information content (AvgIpc) is 2.34. The van der Waals surface area contributed by atoms with Crippen LogP contribution in [0.5, 0.6) is 0 Å². The molecule has 2 rings (SSSR count). The van der Waals surface area contributed by atoms with Gasteiger partial charge in [-0.1, -0.05) is 0 Å². The van der Waals surface area contributed by atoms with E-state index < -0.39 is 0 Å². The van der Waals surface area contributed by atoms with Crippen LogP contribution in [0.1, 0.15) is 24.1 Å². The van der Waals surface area contributed by atoms with Crippen LogP contribution in [-0.4, -0.2) is 10.2 Å². The van der Waals surface area contributed by atoms with E-state index in [4.69, 9.17) is 0 Å². The third-order valence-electron chi connectivity index (χ3n) is 2.01. The Hall–Kier alpha value is -0.310. The topological polar surface area (TPSA) is 28.7 Å². The first kappa shape index (κ1) is 6.40. The molecule has 0 fully saturated rings. The minimum absolute atomic E-state index is 1.02. The molecule has 0 amide bonds. The van der Waals surface area contributed by atoms with Crippen molar-refractivity contribution < 1.29 is 0 Å². The Bertz CT molecular complexity index is 242. The number of hydrogen-bond donors (Lipinski definition) is 1. The van der Waals surface area contributed by atoms with E-state index in [0.29, 0.717) is 0 Å². The molecule has 0 saturated heterocycles. The van der Waals surface area contributed by atoms with Crippen LogP contribution >= 0.6 is 15.9 Å². The maximum atomic E-state index is 4.09. The number of rotatable bonds is 0. The van der Waals surface area contributed by atoms with Gasteiger partial charge in [0, 0.05) is 11.3 Å². The number of nitrogens with zero attached hydrogens (tertiary/aromatic N) is 1. The number of fused-ring (bicyclic) bond motifs is 1. The highest BCUT2D eigenvalue weighted by molar-refractivity contribution is 9.10. The molecule has 1 aromatic rings. The smallest absolute Gasteiger partial charge is 0.131 e. The summed E-state index contributed by atoms with van der Waals surface area (Å²) in [7, 11) is 0.